The fourth-order valence-electron chi connectivity index (χ4n) is 2.87. The van der Waals surface area contributed by atoms with Crippen molar-refractivity contribution < 1.29 is 9.53 Å². The van der Waals surface area contributed by atoms with Gasteiger partial charge in [0.05, 0.1) is 13.2 Å². The van der Waals surface area contributed by atoms with Crippen LogP contribution in [0.25, 0.3) is 0 Å². The predicted molar refractivity (Wildman–Crippen MR) is 119 cm³/mol. The summed E-state index contributed by atoms with van der Waals surface area (Å²) < 4.78 is 5.25. The summed E-state index contributed by atoms with van der Waals surface area (Å²) in [6, 6.07) is 15.4. The molecule has 0 unspecified atom stereocenters. The largest absolute Gasteiger partial charge is 0.497 e. The van der Waals surface area contributed by atoms with Gasteiger partial charge in [-0.25, -0.2) is 0 Å². The van der Waals surface area contributed by atoms with Crippen molar-refractivity contribution in [3.63, 3.8) is 0 Å². The number of methoxy groups -OCH3 is 1. The topological polar surface area (TPSA) is 53.6 Å². The van der Waals surface area contributed by atoms with Gasteiger partial charge in [0.25, 0.3) is 5.91 Å². The van der Waals surface area contributed by atoms with E-state index < -0.39 is 0 Å². The van der Waals surface area contributed by atoms with E-state index in [1.54, 1.807) is 38.2 Å². The Hall–Kier alpha value is -2.60. The normalized spacial score (nSPS) is 11.6. The number of carbonyl (C=O) groups excluding carboxylic acids is 1. The van der Waals surface area contributed by atoms with Crippen molar-refractivity contribution in [2.75, 3.05) is 26.5 Å². The Morgan fingerprint density at radius 1 is 1.07 bits per heavy atom. The van der Waals surface area contributed by atoms with Gasteiger partial charge in [0.1, 0.15) is 5.75 Å². The first-order valence-electron chi connectivity index (χ1n) is 9.33. The van der Waals surface area contributed by atoms with E-state index in [0.717, 1.165) is 23.4 Å². The van der Waals surface area contributed by atoms with Crippen molar-refractivity contribution in [2.24, 2.45) is 5.92 Å². The number of thiocarbonyl (C=S) groups is 1. The number of carbonyl (C=O) groups is 1. The van der Waals surface area contributed by atoms with Crippen LogP contribution in [0.3, 0.4) is 0 Å². The lowest BCUT2D eigenvalue weighted by Gasteiger charge is -2.23. The molecule has 0 radical (unpaired) electrons. The summed E-state index contributed by atoms with van der Waals surface area (Å²) in [6.07, 6.45) is 0.949. The van der Waals surface area contributed by atoms with Gasteiger partial charge in [0, 0.05) is 25.3 Å². The molecule has 0 heterocycles. The standard InChI is InChI=1S/C22H29N3O2S/c1-15(2)14-20(16-8-12-19(27-5)13-9-16)24-22(28)23-18-10-6-17(7-11-18)21(26)25(3)4/h6-13,15,20H,14H2,1-5H3,(H2,23,24,28)/t20-/m1/s1. The van der Waals surface area contributed by atoms with E-state index in [1.165, 1.54) is 0 Å². The third-order valence-electron chi connectivity index (χ3n) is 4.33. The third kappa shape index (κ3) is 6.23. The predicted octanol–water partition coefficient (Wildman–Crippen LogP) is 4.47. The molecule has 0 aliphatic heterocycles. The molecule has 150 valence electrons. The molecule has 0 saturated heterocycles. The van der Waals surface area contributed by atoms with Crippen molar-refractivity contribution in [3.8, 4) is 5.75 Å². The molecule has 2 aromatic rings. The summed E-state index contributed by atoms with van der Waals surface area (Å²) in [5.41, 5.74) is 2.64. The Morgan fingerprint density at radius 2 is 1.68 bits per heavy atom. The molecule has 0 spiro atoms. The maximum Gasteiger partial charge on any atom is 0.253 e. The van der Waals surface area contributed by atoms with Crippen LogP contribution in [0.4, 0.5) is 5.69 Å². The quantitative estimate of drug-likeness (QED) is 0.673. The highest BCUT2D eigenvalue weighted by Crippen LogP contribution is 2.24. The van der Waals surface area contributed by atoms with E-state index in [2.05, 4.69) is 36.6 Å². The fourth-order valence-corrected chi connectivity index (χ4v) is 3.13. The zero-order valence-electron chi connectivity index (χ0n) is 17.2. The SMILES string of the molecule is COc1ccc([C@@H](CC(C)C)NC(=S)Nc2ccc(C(=O)N(C)C)cc2)cc1. The summed E-state index contributed by atoms with van der Waals surface area (Å²) >= 11 is 5.52. The van der Waals surface area contributed by atoms with Gasteiger partial charge in [-0.2, -0.15) is 0 Å². The first kappa shape index (κ1) is 21.7. The molecule has 2 N–H and O–H groups in total. The van der Waals surface area contributed by atoms with E-state index in [-0.39, 0.29) is 11.9 Å². The smallest absolute Gasteiger partial charge is 0.253 e. The van der Waals surface area contributed by atoms with Crippen LogP contribution >= 0.6 is 12.2 Å². The van der Waals surface area contributed by atoms with Gasteiger partial charge < -0.3 is 20.3 Å². The Balaban J connectivity index is 2.05. The molecule has 28 heavy (non-hydrogen) atoms. The maximum atomic E-state index is 12.0. The van der Waals surface area contributed by atoms with Crippen molar-refractivity contribution in [3.05, 3.63) is 59.7 Å². The number of hydrogen-bond acceptors (Lipinski definition) is 3. The second-order valence-corrected chi connectivity index (χ2v) is 7.74. The Morgan fingerprint density at radius 3 is 2.18 bits per heavy atom. The molecule has 0 fully saturated rings. The molecule has 2 rings (SSSR count). The average molecular weight is 400 g/mol. The van der Waals surface area contributed by atoms with Crippen LogP contribution in [-0.2, 0) is 0 Å². The molecule has 2 aromatic carbocycles. The minimum absolute atomic E-state index is 0.0243. The van der Waals surface area contributed by atoms with E-state index in [0.29, 0.717) is 16.6 Å². The summed E-state index contributed by atoms with van der Waals surface area (Å²) in [6.45, 7) is 4.38. The van der Waals surface area contributed by atoms with E-state index in [1.807, 2.05) is 24.3 Å². The minimum atomic E-state index is -0.0243. The molecule has 5 nitrogen and oxygen atoms in total. The minimum Gasteiger partial charge on any atom is -0.497 e. The van der Waals surface area contributed by atoms with Gasteiger partial charge in [-0.05, 0) is 66.5 Å². The van der Waals surface area contributed by atoms with Gasteiger partial charge in [-0.1, -0.05) is 26.0 Å². The lowest BCUT2D eigenvalue weighted by atomic mass is 9.97. The molecule has 6 heteroatoms. The van der Waals surface area contributed by atoms with Crippen LogP contribution in [0.2, 0.25) is 0 Å². The number of ether oxygens (including phenoxy) is 1. The molecule has 0 aliphatic rings. The zero-order valence-corrected chi connectivity index (χ0v) is 18.0. The lowest BCUT2D eigenvalue weighted by Crippen LogP contribution is -2.33. The van der Waals surface area contributed by atoms with Gasteiger partial charge in [0.15, 0.2) is 5.11 Å². The van der Waals surface area contributed by atoms with Crippen molar-refractivity contribution in [2.45, 2.75) is 26.3 Å². The number of amides is 1. The van der Waals surface area contributed by atoms with Gasteiger partial charge in [-0.3, -0.25) is 4.79 Å². The van der Waals surface area contributed by atoms with Crippen LogP contribution in [0.1, 0.15) is 42.2 Å². The number of nitrogens with zero attached hydrogens (tertiary/aromatic N) is 1. The van der Waals surface area contributed by atoms with Crippen molar-refractivity contribution in [1.82, 2.24) is 10.2 Å². The highest BCUT2D eigenvalue weighted by molar-refractivity contribution is 7.80. The average Bonchev–Trinajstić information content (AvgIpc) is 2.67. The Kier molecular flexibility index (Phi) is 7.81. The van der Waals surface area contributed by atoms with Gasteiger partial charge in [0.2, 0.25) is 0 Å². The molecule has 1 amide bonds. The van der Waals surface area contributed by atoms with Crippen LogP contribution in [0.15, 0.2) is 48.5 Å². The van der Waals surface area contributed by atoms with E-state index in [4.69, 9.17) is 17.0 Å². The maximum absolute atomic E-state index is 12.0. The summed E-state index contributed by atoms with van der Waals surface area (Å²) in [5, 5.41) is 7.16. The Labute approximate surface area is 173 Å². The number of anilines is 1. The second-order valence-electron chi connectivity index (χ2n) is 7.33. The summed E-state index contributed by atoms with van der Waals surface area (Å²) in [7, 11) is 5.14. The number of rotatable bonds is 7. The highest BCUT2D eigenvalue weighted by Gasteiger charge is 2.15. The fraction of sp³-hybridized carbons (Fsp3) is 0.364. The second kappa shape index (κ2) is 10.1. The van der Waals surface area contributed by atoms with E-state index >= 15 is 0 Å². The number of benzene rings is 2. The van der Waals surface area contributed by atoms with Crippen LogP contribution in [0.5, 0.6) is 5.75 Å². The highest BCUT2D eigenvalue weighted by atomic mass is 32.1. The van der Waals surface area contributed by atoms with Crippen LogP contribution in [-0.4, -0.2) is 37.1 Å². The van der Waals surface area contributed by atoms with Crippen LogP contribution < -0.4 is 15.4 Å². The summed E-state index contributed by atoms with van der Waals surface area (Å²) in [4.78, 5) is 13.5. The van der Waals surface area contributed by atoms with Gasteiger partial charge in [-0.15, -0.1) is 0 Å². The number of nitrogens with one attached hydrogen (secondary N) is 2. The molecule has 1 atom stereocenters. The summed E-state index contributed by atoms with van der Waals surface area (Å²) in [5.74, 6) is 1.32. The monoisotopic (exact) mass is 399 g/mol. The molecule has 0 saturated carbocycles. The molecule has 0 aliphatic carbocycles. The third-order valence-corrected chi connectivity index (χ3v) is 4.55. The van der Waals surface area contributed by atoms with Gasteiger partial charge >= 0.3 is 0 Å². The van der Waals surface area contributed by atoms with Crippen molar-refractivity contribution in [1.29, 1.82) is 0 Å². The van der Waals surface area contributed by atoms with E-state index in [9.17, 15) is 4.79 Å². The molecule has 0 bridgehead atoms. The molecular formula is C22H29N3O2S. The van der Waals surface area contributed by atoms with Crippen LogP contribution in [0, 0.1) is 5.92 Å². The first-order valence-corrected chi connectivity index (χ1v) is 9.74. The zero-order chi connectivity index (χ0) is 20.7. The lowest BCUT2D eigenvalue weighted by molar-refractivity contribution is 0.0827. The van der Waals surface area contributed by atoms with Crippen molar-refractivity contribution >= 4 is 28.9 Å². The molecular weight excluding hydrogens is 370 g/mol. The molecule has 0 aromatic heterocycles. The first-order chi connectivity index (χ1) is 13.3. The number of hydrogen-bond donors (Lipinski definition) is 2. The Bertz CT molecular complexity index is 786.